The second-order valence-corrected chi connectivity index (χ2v) is 7.01. The molecule has 1 aromatic carbocycles. The minimum atomic E-state index is -0.610. The number of hydrogen-bond acceptors (Lipinski definition) is 6. The van der Waals surface area contributed by atoms with Crippen molar-refractivity contribution in [3.63, 3.8) is 0 Å². The van der Waals surface area contributed by atoms with Crippen molar-refractivity contribution in [3.8, 4) is 0 Å². The Morgan fingerprint density at radius 2 is 2.00 bits per heavy atom. The van der Waals surface area contributed by atoms with Crippen LogP contribution in [0.5, 0.6) is 0 Å². The molecule has 3 heterocycles. The number of imidazole rings is 1. The minimum absolute atomic E-state index is 0.0414. The van der Waals surface area contributed by atoms with E-state index in [1.807, 2.05) is 4.90 Å². The van der Waals surface area contributed by atoms with E-state index < -0.39 is 10.9 Å². The molecule has 9 heteroatoms. The molecule has 0 unspecified atom stereocenters. The summed E-state index contributed by atoms with van der Waals surface area (Å²) >= 11 is 5.96. The molecule has 3 aromatic rings. The molecule has 0 spiro atoms. The van der Waals surface area contributed by atoms with Gasteiger partial charge in [-0.05, 0) is 31.0 Å². The van der Waals surface area contributed by atoms with Crippen molar-refractivity contribution >= 4 is 34.6 Å². The van der Waals surface area contributed by atoms with Crippen molar-refractivity contribution in [3.05, 3.63) is 69.1 Å². The van der Waals surface area contributed by atoms with E-state index in [1.165, 1.54) is 12.1 Å². The molecule has 0 N–H and O–H groups in total. The zero-order chi connectivity index (χ0) is 19.7. The van der Waals surface area contributed by atoms with Gasteiger partial charge in [-0.3, -0.25) is 10.1 Å². The summed E-state index contributed by atoms with van der Waals surface area (Å²) in [5, 5.41) is 11.7. The Balaban J connectivity index is 1.57. The largest absolute Gasteiger partial charge is 0.455 e. The Bertz CT molecular complexity index is 1060. The van der Waals surface area contributed by atoms with Crippen molar-refractivity contribution in [2.45, 2.75) is 19.4 Å². The maximum Gasteiger partial charge on any atom is 0.340 e. The molecular formula is C19H17ClN4O4. The number of ether oxygens (including phenoxy) is 1. The first-order chi connectivity index (χ1) is 13.5. The number of anilines is 1. The fraction of sp³-hybridized carbons (Fsp3) is 0.263. The fourth-order valence-electron chi connectivity index (χ4n) is 3.34. The quantitative estimate of drug-likeness (QED) is 0.367. The van der Waals surface area contributed by atoms with Crippen molar-refractivity contribution < 1.29 is 14.5 Å². The Labute approximate surface area is 165 Å². The zero-order valence-corrected chi connectivity index (χ0v) is 15.6. The monoisotopic (exact) mass is 400 g/mol. The van der Waals surface area contributed by atoms with Crippen LogP contribution in [0.15, 0.2) is 42.7 Å². The van der Waals surface area contributed by atoms with Crippen LogP contribution in [-0.2, 0) is 11.3 Å². The molecule has 0 saturated carbocycles. The lowest BCUT2D eigenvalue weighted by atomic mass is 10.1. The molecular weight excluding hydrogens is 384 g/mol. The number of hydrogen-bond donors (Lipinski definition) is 0. The molecule has 0 amide bonds. The molecule has 144 valence electrons. The summed E-state index contributed by atoms with van der Waals surface area (Å²) in [6, 6.07) is 7.80. The van der Waals surface area contributed by atoms with E-state index in [2.05, 4.69) is 4.98 Å². The number of rotatable bonds is 5. The van der Waals surface area contributed by atoms with Gasteiger partial charge in [0, 0.05) is 37.6 Å². The van der Waals surface area contributed by atoms with Crippen LogP contribution >= 0.6 is 11.6 Å². The number of benzene rings is 1. The van der Waals surface area contributed by atoms with E-state index in [0.29, 0.717) is 22.1 Å². The van der Waals surface area contributed by atoms with E-state index in [4.69, 9.17) is 16.3 Å². The summed E-state index contributed by atoms with van der Waals surface area (Å²) in [4.78, 5) is 29.7. The Morgan fingerprint density at radius 1 is 1.21 bits per heavy atom. The van der Waals surface area contributed by atoms with E-state index in [1.54, 1.807) is 35.0 Å². The van der Waals surface area contributed by atoms with Crippen molar-refractivity contribution in [2.24, 2.45) is 0 Å². The van der Waals surface area contributed by atoms with E-state index in [9.17, 15) is 14.9 Å². The van der Waals surface area contributed by atoms with Gasteiger partial charge < -0.3 is 14.0 Å². The lowest BCUT2D eigenvalue weighted by Gasteiger charge is -2.20. The normalized spacial score (nSPS) is 13.8. The van der Waals surface area contributed by atoms with E-state index in [0.717, 1.165) is 25.9 Å². The van der Waals surface area contributed by atoms with Gasteiger partial charge in [0.2, 0.25) is 0 Å². The maximum absolute atomic E-state index is 12.7. The summed E-state index contributed by atoms with van der Waals surface area (Å²) < 4.78 is 7.16. The number of nitro benzene ring substituents is 1. The van der Waals surface area contributed by atoms with Crippen LogP contribution < -0.4 is 4.90 Å². The maximum atomic E-state index is 12.7. The topological polar surface area (TPSA) is 90.0 Å². The third-order valence-corrected chi connectivity index (χ3v) is 4.90. The highest BCUT2D eigenvalue weighted by Crippen LogP contribution is 2.29. The molecule has 1 aliphatic heterocycles. The molecule has 1 fully saturated rings. The Kier molecular flexibility index (Phi) is 4.87. The minimum Gasteiger partial charge on any atom is -0.455 e. The smallest absolute Gasteiger partial charge is 0.340 e. The molecule has 4 rings (SSSR count). The molecule has 0 atom stereocenters. The molecule has 1 aliphatic rings. The van der Waals surface area contributed by atoms with E-state index >= 15 is 0 Å². The van der Waals surface area contributed by atoms with Crippen LogP contribution in [0.3, 0.4) is 0 Å². The average molecular weight is 401 g/mol. The summed E-state index contributed by atoms with van der Waals surface area (Å²) in [5.74, 6) is -0.610. The SMILES string of the molecule is O=C(OCc1cn2cc(Cl)ccc2n1)c1cc([N+](=O)[O-])ccc1N1CCCC1. The molecule has 1 saturated heterocycles. The van der Waals surface area contributed by atoms with Crippen LogP contribution in [0.4, 0.5) is 11.4 Å². The fourth-order valence-corrected chi connectivity index (χ4v) is 3.51. The highest BCUT2D eigenvalue weighted by atomic mass is 35.5. The van der Waals surface area contributed by atoms with Gasteiger partial charge in [0.25, 0.3) is 5.69 Å². The van der Waals surface area contributed by atoms with Gasteiger partial charge >= 0.3 is 5.97 Å². The number of aromatic nitrogens is 2. The predicted octanol–water partition coefficient (Wildman–Crippen LogP) is 3.85. The van der Waals surface area contributed by atoms with Gasteiger partial charge in [-0.2, -0.15) is 0 Å². The van der Waals surface area contributed by atoms with Crippen molar-refractivity contribution in [1.29, 1.82) is 0 Å². The Hall–Kier alpha value is -3.13. The van der Waals surface area contributed by atoms with E-state index in [-0.39, 0.29) is 17.9 Å². The summed E-state index contributed by atoms with van der Waals surface area (Å²) in [6.07, 6.45) is 5.48. The lowest BCUT2D eigenvalue weighted by Crippen LogP contribution is -2.21. The predicted molar refractivity (Wildman–Crippen MR) is 104 cm³/mol. The first kappa shape index (κ1) is 18.2. The molecule has 0 aliphatic carbocycles. The van der Waals surface area contributed by atoms with Gasteiger partial charge in [-0.25, -0.2) is 9.78 Å². The van der Waals surface area contributed by atoms with Crippen LogP contribution in [0, 0.1) is 10.1 Å². The second-order valence-electron chi connectivity index (χ2n) is 6.57. The van der Waals surface area contributed by atoms with Crippen LogP contribution in [0.1, 0.15) is 28.9 Å². The number of carbonyl (C=O) groups excluding carboxylic acids is 1. The lowest BCUT2D eigenvalue weighted by molar-refractivity contribution is -0.384. The van der Waals surface area contributed by atoms with Crippen molar-refractivity contribution in [1.82, 2.24) is 9.38 Å². The first-order valence-electron chi connectivity index (χ1n) is 8.85. The number of halogens is 1. The first-order valence-corrected chi connectivity index (χ1v) is 9.23. The number of esters is 1. The van der Waals surface area contributed by atoms with Gasteiger partial charge in [-0.1, -0.05) is 11.6 Å². The Morgan fingerprint density at radius 3 is 2.75 bits per heavy atom. The van der Waals surface area contributed by atoms with Gasteiger partial charge in [0.05, 0.1) is 26.9 Å². The molecule has 0 bridgehead atoms. The number of nitrogens with zero attached hydrogens (tertiary/aromatic N) is 4. The summed E-state index contributed by atoms with van der Waals surface area (Å²) in [5.41, 5.74) is 1.96. The molecule has 0 radical (unpaired) electrons. The highest BCUT2D eigenvalue weighted by molar-refractivity contribution is 6.30. The third-order valence-electron chi connectivity index (χ3n) is 4.67. The summed E-state index contributed by atoms with van der Waals surface area (Å²) in [6.45, 7) is 1.58. The van der Waals surface area contributed by atoms with Crippen molar-refractivity contribution in [2.75, 3.05) is 18.0 Å². The molecule has 28 heavy (non-hydrogen) atoms. The number of fused-ring (bicyclic) bond motifs is 1. The third kappa shape index (κ3) is 3.63. The average Bonchev–Trinajstić information content (AvgIpc) is 3.34. The highest BCUT2D eigenvalue weighted by Gasteiger charge is 2.23. The van der Waals surface area contributed by atoms with Crippen LogP contribution in [-0.4, -0.2) is 33.4 Å². The number of non-ortho nitro benzene ring substituents is 1. The second kappa shape index (κ2) is 7.47. The number of carbonyl (C=O) groups is 1. The zero-order valence-electron chi connectivity index (χ0n) is 14.9. The van der Waals surface area contributed by atoms with Gasteiger partial charge in [0.1, 0.15) is 12.3 Å². The molecule has 8 nitrogen and oxygen atoms in total. The van der Waals surface area contributed by atoms with Crippen LogP contribution in [0.2, 0.25) is 5.02 Å². The number of nitro groups is 1. The van der Waals surface area contributed by atoms with Gasteiger partial charge in [0.15, 0.2) is 0 Å². The summed E-state index contributed by atoms with van der Waals surface area (Å²) in [7, 11) is 0. The van der Waals surface area contributed by atoms with Crippen LogP contribution in [0.25, 0.3) is 5.65 Å². The number of pyridine rings is 1. The van der Waals surface area contributed by atoms with Gasteiger partial charge in [-0.15, -0.1) is 0 Å². The standard InChI is InChI=1S/C19H17ClN4O4/c20-13-3-6-18-21-14(11-23(18)10-13)12-28-19(25)16-9-15(24(26)27)4-5-17(16)22-7-1-2-8-22/h3-6,9-11H,1-2,7-8,12H2. The molecule has 2 aromatic heterocycles.